The molecule has 37 heavy (non-hydrogen) atoms. The maximum atomic E-state index is 13.1. The number of amides is 1. The Hall–Kier alpha value is -3.25. The molecule has 0 spiro atoms. The van der Waals surface area contributed by atoms with E-state index in [0.717, 1.165) is 16.1 Å². The zero-order valence-electron chi connectivity index (χ0n) is 21.1. The van der Waals surface area contributed by atoms with Gasteiger partial charge in [-0.2, -0.15) is 0 Å². The van der Waals surface area contributed by atoms with Gasteiger partial charge in [-0.05, 0) is 36.8 Å². The summed E-state index contributed by atoms with van der Waals surface area (Å²) in [5.41, 5.74) is 2.87. The Morgan fingerprint density at radius 3 is 2.78 bits per heavy atom. The first-order valence-corrected chi connectivity index (χ1v) is 13.0. The topological polar surface area (TPSA) is 116 Å². The number of nitrogens with zero attached hydrogens (tertiary/aromatic N) is 4. The summed E-state index contributed by atoms with van der Waals surface area (Å²) in [5, 5.41) is 12.7. The summed E-state index contributed by atoms with van der Waals surface area (Å²) in [7, 11) is 1.64. The second kappa shape index (κ2) is 13.3. The minimum atomic E-state index is -0.172. The van der Waals surface area contributed by atoms with E-state index in [0.29, 0.717) is 67.9 Å². The maximum absolute atomic E-state index is 13.1. The molecule has 3 heterocycles. The Bertz CT molecular complexity index is 1210. The molecule has 196 valence electrons. The number of aromatic nitrogens is 3. The van der Waals surface area contributed by atoms with Gasteiger partial charge in [0.25, 0.3) is 0 Å². The molecule has 1 aromatic carbocycles. The number of morpholine rings is 1. The lowest BCUT2D eigenvalue weighted by atomic mass is 10.1. The second-order valence-electron chi connectivity index (χ2n) is 8.63. The molecular formula is C26H31N5O5S. The number of ether oxygens (including phenoxy) is 3. The van der Waals surface area contributed by atoms with Gasteiger partial charge in [0.05, 0.1) is 38.5 Å². The summed E-state index contributed by atoms with van der Waals surface area (Å²) in [5.74, 6) is 0.210. The number of anilines is 1. The predicted octanol–water partition coefficient (Wildman–Crippen LogP) is 3.02. The number of nitrogens with one attached hydrogen (secondary N) is 1. The van der Waals surface area contributed by atoms with Crippen molar-refractivity contribution < 1.29 is 23.8 Å². The Morgan fingerprint density at radius 2 is 2.00 bits per heavy atom. The molecule has 1 saturated heterocycles. The molecule has 0 aliphatic carbocycles. The zero-order valence-corrected chi connectivity index (χ0v) is 21.9. The lowest BCUT2D eigenvalue weighted by Crippen LogP contribution is -2.41. The van der Waals surface area contributed by atoms with Gasteiger partial charge >= 0.3 is 0 Å². The Labute approximate surface area is 220 Å². The van der Waals surface area contributed by atoms with Crippen molar-refractivity contribution >= 4 is 28.7 Å². The average Bonchev–Trinajstić information content (AvgIpc) is 3.36. The standard InChI is InChI=1S/C26H31N5O5S/c1-18-6-7-27-16-20(18)26-30-29-25(37-26)15-22(32)19-4-5-23(36-11-3-10-34-2)21(14-19)28-24(33)17-31-8-12-35-13-9-31/h4-7,14,16H,3,8-13,15,17H2,1-2H3,(H,28,33). The number of rotatable bonds is 12. The van der Waals surface area contributed by atoms with Crippen LogP contribution in [-0.2, 0) is 20.7 Å². The van der Waals surface area contributed by atoms with Crippen LogP contribution in [0, 0.1) is 6.92 Å². The van der Waals surface area contributed by atoms with E-state index in [4.69, 9.17) is 14.2 Å². The fourth-order valence-corrected chi connectivity index (χ4v) is 4.74. The molecule has 10 nitrogen and oxygen atoms in total. The van der Waals surface area contributed by atoms with Crippen LogP contribution in [-0.4, -0.2) is 84.9 Å². The van der Waals surface area contributed by atoms with Gasteiger partial charge in [-0.15, -0.1) is 10.2 Å². The molecule has 0 radical (unpaired) electrons. The molecule has 1 aliphatic heterocycles. The molecule has 2 aromatic heterocycles. The third-order valence-electron chi connectivity index (χ3n) is 5.85. The number of hydrogen-bond donors (Lipinski definition) is 1. The van der Waals surface area contributed by atoms with Gasteiger partial charge in [-0.3, -0.25) is 19.5 Å². The van der Waals surface area contributed by atoms with Crippen LogP contribution in [0.2, 0.25) is 0 Å². The highest BCUT2D eigenvalue weighted by molar-refractivity contribution is 7.14. The summed E-state index contributed by atoms with van der Waals surface area (Å²) in [4.78, 5) is 32.1. The van der Waals surface area contributed by atoms with Crippen LogP contribution < -0.4 is 10.1 Å². The lowest BCUT2D eigenvalue weighted by molar-refractivity contribution is -0.118. The van der Waals surface area contributed by atoms with Gasteiger partial charge in [-0.1, -0.05) is 11.3 Å². The van der Waals surface area contributed by atoms with Crippen molar-refractivity contribution in [3.05, 3.63) is 52.8 Å². The highest BCUT2D eigenvalue weighted by atomic mass is 32.1. The molecule has 1 fully saturated rings. The van der Waals surface area contributed by atoms with Gasteiger partial charge in [0.15, 0.2) is 5.78 Å². The largest absolute Gasteiger partial charge is 0.491 e. The molecule has 0 atom stereocenters. The first-order chi connectivity index (χ1) is 18.0. The summed E-state index contributed by atoms with van der Waals surface area (Å²) < 4.78 is 16.3. The summed E-state index contributed by atoms with van der Waals surface area (Å²) in [6.07, 6.45) is 4.28. The predicted molar refractivity (Wildman–Crippen MR) is 140 cm³/mol. The molecule has 1 aliphatic rings. The SMILES string of the molecule is COCCCOc1ccc(C(=O)Cc2nnc(-c3cnccc3C)s2)cc1NC(=O)CN1CCOCC1. The van der Waals surface area contributed by atoms with Crippen molar-refractivity contribution in [2.24, 2.45) is 0 Å². The molecule has 0 bridgehead atoms. The number of hydrogen-bond acceptors (Lipinski definition) is 10. The number of Topliss-reactive ketones (excluding diaryl/α,β-unsaturated/α-hetero) is 1. The van der Waals surface area contributed by atoms with E-state index < -0.39 is 0 Å². The van der Waals surface area contributed by atoms with E-state index in [2.05, 4.69) is 20.5 Å². The molecule has 1 amide bonds. The van der Waals surface area contributed by atoms with Crippen molar-refractivity contribution in [2.45, 2.75) is 19.8 Å². The summed E-state index contributed by atoms with van der Waals surface area (Å²) in [6.45, 7) is 5.84. The first kappa shape index (κ1) is 26.8. The van der Waals surface area contributed by atoms with E-state index in [9.17, 15) is 9.59 Å². The quantitative estimate of drug-likeness (QED) is 0.281. The average molecular weight is 526 g/mol. The minimum Gasteiger partial charge on any atom is -0.491 e. The van der Waals surface area contributed by atoms with E-state index in [1.165, 1.54) is 11.3 Å². The number of benzene rings is 1. The van der Waals surface area contributed by atoms with Crippen LogP contribution in [0.25, 0.3) is 10.6 Å². The summed E-state index contributed by atoms with van der Waals surface area (Å²) in [6, 6.07) is 7.00. The number of carbonyl (C=O) groups excluding carboxylic acids is 2. The van der Waals surface area contributed by atoms with Crippen LogP contribution in [0.1, 0.15) is 27.3 Å². The van der Waals surface area contributed by atoms with Gasteiger partial charge in [0.2, 0.25) is 5.91 Å². The zero-order chi connectivity index (χ0) is 26.0. The third-order valence-corrected chi connectivity index (χ3v) is 6.80. The van der Waals surface area contributed by atoms with Crippen molar-refractivity contribution in [2.75, 3.05) is 58.5 Å². The molecule has 0 unspecified atom stereocenters. The van der Waals surface area contributed by atoms with Crippen LogP contribution in [0.15, 0.2) is 36.7 Å². The van der Waals surface area contributed by atoms with E-state index in [1.54, 1.807) is 37.7 Å². The number of ketones is 1. The fraction of sp³-hybridized carbons (Fsp3) is 0.423. The van der Waals surface area contributed by atoms with Crippen molar-refractivity contribution in [1.82, 2.24) is 20.1 Å². The smallest absolute Gasteiger partial charge is 0.238 e. The van der Waals surface area contributed by atoms with Crippen LogP contribution in [0.5, 0.6) is 5.75 Å². The van der Waals surface area contributed by atoms with Gasteiger partial charge in [0.1, 0.15) is 15.8 Å². The molecular weight excluding hydrogens is 494 g/mol. The van der Waals surface area contributed by atoms with Crippen molar-refractivity contribution in [3.8, 4) is 16.3 Å². The summed E-state index contributed by atoms with van der Waals surface area (Å²) >= 11 is 1.37. The minimum absolute atomic E-state index is 0.103. The molecule has 1 N–H and O–H groups in total. The third kappa shape index (κ3) is 7.62. The highest BCUT2D eigenvalue weighted by Gasteiger charge is 2.19. The van der Waals surface area contributed by atoms with E-state index in [-0.39, 0.29) is 24.7 Å². The van der Waals surface area contributed by atoms with Crippen LogP contribution in [0.3, 0.4) is 0 Å². The monoisotopic (exact) mass is 525 g/mol. The van der Waals surface area contributed by atoms with E-state index >= 15 is 0 Å². The highest BCUT2D eigenvalue weighted by Crippen LogP contribution is 2.29. The van der Waals surface area contributed by atoms with E-state index in [1.807, 2.05) is 17.9 Å². The van der Waals surface area contributed by atoms with Crippen molar-refractivity contribution in [3.63, 3.8) is 0 Å². The number of carbonyl (C=O) groups is 2. The normalized spacial score (nSPS) is 13.9. The van der Waals surface area contributed by atoms with Crippen LogP contribution >= 0.6 is 11.3 Å². The van der Waals surface area contributed by atoms with Crippen LogP contribution in [0.4, 0.5) is 5.69 Å². The van der Waals surface area contributed by atoms with Crippen molar-refractivity contribution in [1.29, 1.82) is 0 Å². The number of methoxy groups -OCH3 is 1. The molecule has 0 saturated carbocycles. The Balaban J connectivity index is 1.46. The Morgan fingerprint density at radius 1 is 1.16 bits per heavy atom. The van der Waals surface area contributed by atoms with Gasteiger partial charge in [0, 0.05) is 56.7 Å². The number of pyridine rings is 1. The molecule has 11 heteroatoms. The Kier molecular flexibility index (Phi) is 9.66. The number of aryl methyl sites for hydroxylation is 1. The second-order valence-corrected chi connectivity index (χ2v) is 9.70. The van der Waals surface area contributed by atoms with Gasteiger partial charge in [-0.25, -0.2) is 0 Å². The van der Waals surface area contributed by atoms with Gasteiger partial charge < -0.3 is 19.5 Å². The lowest BCUT2D eigenvalue weighted by Gasteiger charge is -2.26. The molecule has 4 rings (SSSR count). The molecule has 3 aromatic rings. The fourth-order valence-electron chi connectivity index (χ4n) is 3.83. The maximum Gasteiger partial charge on any atom is 0.238 e. The first-order valence-electron chi connectivity index (χ1n) is 12.2.